The lowest BCUT2D eigenvalue weighted by molar-refractivity contribution is -0.0481. The Kier molecular flexibility index (Phi) is 3.43. The van der Waals surface area contributed by atoms with Crippen LogP contribution in [0, 0.1) is 5.82 Å². The van der Waals surface area contributed by atoms with Crippen LogP contribution in [0.2, 0.25) is 0 Å². The Bertz CT molecular complexity index is 469. The van der Waals surface area contributed by atoms with E-state index in [4.69, 9.17) is 15.2 Å². The van der Waals surface area contributed by atoms with Crippen LogP contribution < -0.4 is 10.5 Å². The quantitative estimate of drug-likeness (QED) is 0.832. The second-order valence-electron chi connectivity index (χ2n) is 5.24. The fraction of sp³-hybridized carbons (Fsp3) is 0.571. The summed E-state index contributed by atoms with van der Waals surface area (Å²) >= 11 is 0. The van der Waals surface area contributed by atoms with Crippen LogP contribution >= 0.6 is 0 Å². The Morgan fingerprint density at radius 1 is 1.42 bits per heavy atom. The van der Waals surface area contributed by atoms with Crippen LogP contribution in [0.15, 0.2) is 18.2 Å². The van der Waals surface area contributed by atoms with E-state index in [0.717, 1.165) is 18.7 Å². The molecule has 3 atom stereocenters. The van der Waals surface area contributed by atoms with Crippen molar-refractivity contribution in [2.24, 2.45) is 5.73 Å². The van der Waals surface area contributed by atoms with Gasteiger partial charge in [0, 0.05) is 18.7 Å². The van der Waals surface area contributed by atoms with Gasteiger partial charge >= 0.3 is 0 Å². The van der Waals surface area contributed by atoms with E-state index in [1.807, 2.05) is 6.07 Å². The first-order valence-corrected chi connectivity index (χ1v) is 6.69. The summed E-state index contributed by atoms with van der Waals surface area (Å²) in [5, 5.41) is 0. The Morgan fingerprint density at radius 2 is 2.26 bits per heavy atom. The summed E-state index contributed by atoms with van der Waals surface area (Å²) in [5.74, 6) is -0.0192. The third-order valence-electron chi connectivity index (χ3n) is 3.91. The first-order valence-electron chi connectivity index (χ1n) is 6.69. The van der Waals surface area contributed by atoms with E-state index in [9.17, 15) is 4.39 Å². The monoisotopic (exact) mass is 266 g/mol. The van der Waals surface area contributed by atoms with E-state index in [0.29, 0.717) is 19.0 Å². The van der Waals surface area contributed by atoms with Crippen molar-refractivity contribution in [3.63, 3.8) is 0 Å². The van der Waals surface area contributed by atoms with Gasteiger partial charge in [-0.25, -0.2) is 4.39 Å². The number of nitrogens with zero attached hydrogens (tertiary/aromatic N) is 1. The fourth-order valence-corrected chi connectivity index (χ4v) is 2.90. The number of halogens is 1. The molecule has 2 N–H and O–H groups in total. The molecule has 0 amide bonds. The van der Waals surface area contributed by atoms with Gasteiger partial charge in [-0.2, -0.15) is 0 Å². The van der Waals surface area contributed by atoms with Crippen molar-refractivity contribution in [3.8, 4) is 5.75 Å². The molecule has 2 aliphatic rings. The lowest BCUT2D eigenvalue weighted by Gasteiger charge is -2.42. The second kappa shape index (κ2) is 5.07. The fourth-order valence-electron chi connectivity index (χ4n) is 2.90. The molecule has 19 heavy (non-hydrogen) atoms. The summed E-state index contributed by atoms with van der Waals surface area (Å²) in [6.45, 7) is 4.88. The molecular weight excluding hydrogens is 247 g/mol. The van der Waals surface area contributed by atoms with Crippen LogP contribution in [0.3, 0.4) is 0 Å². The number of hydrogen-bond donors (Lipinski definition) is 1. The summed E-state index contributed by atoms with van der Waals surface area (Å²) in [7, 11) is 0. The van der Waals surface area contributed by atoms with Gasteiger partial charge in [-0.3, -0.25) is 4.90 Å². The first-order chi connectivity index (χ1) is 9.16. The number of morpholine rings is 1. The summed E-state index contributed by atoms with van der Waals surface area (Å²) < 4.78 is 24.8. The number of fused-ring (bicyclic) bond motifs is 1. The van der Waals surface area contributed by atoms with Gasteiger partial charge in [0.25, 0.3) is 0 Å². The van der Waals surface area contributed by atoms with Gasteiger partial charge in [-0.1, -0.05) is 12.1 Å². The van der Waals surface area contributed by atoms with E-state index in [-0.39, 0.29) is 24.0 Å². The molecule has 0 saturated carbocycles. The largest absolute Gasteiger partial charge is 0.488 e. The van der Waals surface area contributed by atoms with E-state index in [2.05, 4.69) is 11.8 Å². The van der Waals surface area contributed by atoms with Gasteiger partial charge < -0.3 is 15.2 Å². The van der Waals surface area contributed by atoms with Crippen molar-refractivity contribution in [1.29, 1.82) is 0 Å². The molecule has 1 aromatic rings. The zero-order valence-electron chi connectivity index (χ0n) is 11.0. The zero-order chi connectivity index (χ0) is 13.4. The molecule has 1 fully saturated rings. The van der Waals surface area contributed by atoms with Crippen molar-refractivity contribution >= 4 is 0 Å². The van der Waals surface area contributed by atoms with Crippen molar-refractivity contribution in [3.05, 3.63) is 29.6 Å². The molecule has 0 unspecified atom stereocenters. The van der Waals surface area contributed by atoms with Gasteiger partial charge in [0.2, 0.25) is 0 Å². The van der Waals surface area contributed by atoms with Gasteiger partial charge in [0.05, 0.1) is 24.8 Å². The number of para-hydroxylation sites is 1. The maximum atomic E-state index is 13.7. The molecule has 2 aliphatic heterocycles. The van der Waals surface area contributed by atoms with Crippen LogP contribution in [-0.4, -0.2) is 43.3 Å². The third kappa shape index (κ3) is 2.33. The highest BCUT2D eigenvalue weighted by molar-refractivity contribution is 5.39. The predicted molar refractivity (Wildman–Crippen MR) is 69.6 cm³/mol. The minimum atomic E-state index is -0.332. The molecule has 0 aromatic heterocycles. The van der Waals surface area contributed by atoms with E-state index in [1.54, 1.807) is 6.07 Å². The number of rotatable bonds is 1. The average Bonchev–Trinajstić information content (AvgIpc) is 2.40. The molecular formula is C14H19FN2O2. The Balaban J connectivity index is 1.83. The number of ether oxygens (including phenoxy) is 2. The van der Waals surface area contributed by atoms with Crippen molar-refractivity contribution in [2.75, 3.05) is 26.3 Å². The molecule has 4 nitrogen and oxygen atoms in total. The molecule has 2 heterocycles. The van der Waals surface area contributed by atoms with E-state index < -0.39 is 0 Å². The van der Waals surface area contributed by atoms with Gasteiger partial charge in [-0.15, -0.1) is 0 Å². The second-order valence-corrected chi connectivity index (χ2v) is 5.24. The van der Waals surface area contributed by atoms with Crippen LogP contribution in [0.1, 0.15) is 18.5 Å². The molecule has 3 rings (SSSR count). The maximum absolute atomic E-state index is 13.7. The summed E-state index contributed by atoms with van der Waals surface area (Å²) in [6.07, 6.45) is 0.204. The summed E-state index contributed by atoms with van der Waals surface area (Å²) in [4.78, 5) is 2.28. The van der Waals surface area contributed by atoms with Crippen molar-refractivity contribution in [1.82, 2.24) is 4.90 Å². The van der Waals surface area contributed by atoms with Crippen LogP contribution in [0.25, 0.3) is 0 Å². The predicted octanol–water partition coefficient (Wildman–Crippen LogP) is 1.31. The van der Waals surface area contributed by atoms with Crippen molar-refractivity contribution < 1.29 is 13.9 Å². The van der Waals surface area contributed by atoms with Crippen LogP contribution in [0.5, 0.6) is 5.75 Å². The highest BCUT2D eigenvalue weighted by Gasteiger charge is 2.35. The summed E-state index contributed by atoms with van der Waals surface area (Å²) in [6, 6.07) is 4.80. The minimum Gasteiger partial charge on any atom is -0.488 e. The van der Waals surface area contributed by atoms with Gasteiger partial charge in [0.1, 0.15) is 6.61 Å². The van der Waals surface area contributed by atoms with Crippen LogP contribution in [0.4, 0.5) is 4.39 Å². The molecule has 1 aromatic carbocycles. The number of hydrogen-bond acceptors (Lipinski definition) is 4. The minimum absolute atomic E-state index is 0.0839. The molecule has 0 aliphatic carbocycles. The van der Waals surface area contributed by atoms with Crippen LogP contribution in [-0.2, 0) is 4.74 Å². The smallest absolute Gasteiger partial charge is 0.165 e. The average molecular weight is 266 g/mol. The van der Waals surface area contributed by atoms with Gasteiger partial charge in [-0.05, 0) is 13.0 Å². The standard InChI is InChI=1S/C14H19FN2O2/c1-9-7-17(5-6-18-9)12-8-19-14-10(13(12)16)3-2-4-11(14)15/h2-4,9,12-13H,5-8,16H2,1H3/t9-,12+,13+/m1/s1. The summed E-state index contributed by atoms with van der Waals surface area (Å²) in [5.41, 5.74) is 7.07. The van der Waals surface area contributed by atoms with E-state index in [1.165, 1.54) is 6.07 Å². The van der Waals surface area contributed by atoms with Gasteiger partial charge in [0.15, 0.2) is 11.6 Å². The number of benzene rings is 1. The molecule has 0 radical (unpaired) electrons. The SMILES string of the molecule is C[C@@H]1CN([C@H]2COc3c(F)cccc3[C@@H]2N)CCO1. The highest BCUT2D eigenvalue weighted by Crippen LogP contribution is 2.35. The molecule has 1 saturated heterocycles. The van der Waals surface area contributed by atoms with Crippen molar-refractivity contribution in [2.45, 2.75) is 25.1 Å². The molecule has 104 valence electrons. The lowest BCUT2D eigenvalue weighted by Crippen LogP contribution is -2.54. The third-order valence-corrected chi connectivity index (χ3v) is 3.91. The molecule has 5 heteroatoms. The first kappa shape index (κ1) is 12.8. The zero-order valence-corrected chi connectivity index (χ0v) is 11.0. The Hall–Kier alpha value is -1.17. The topological polar surface area (TPSA) is 47.7 Å². The molecule has 0 bridgehead atoms. The Labute approximate surface area is 112 Å². The maximum Gasteiger partial charge on any atom is 0.165 e. The lowest BCUT2D eigenvalue weighted by atomic mass is 9.95. The van der Waals surface area contributed by atoms with E-state index >= 15 is 0 Å². The molecule has 0 spiro atoms. The normalized spacial score (nSPS) is 31.6. The number of nitrogens with two attached hydrogens (primary N) is 1. The Morgan fingerprint density at radius 3 is 3.05 bits per heavy atom. The highest BCUT2D eigenvalue weighted by atomic mass is 19.1.